The fourth-order valence-corrected chi connectivity index (χ4v) is 3.35. The summed E-state index contributed by atoms with van der Waals surface area (Å²) in [7, 11) is 1.71. The topological polar surface area (TPSA) is 57.1 Å². The van der Waals surface area contributed by atoms with Crippen molar-refractivity contribution in [2.75, 3.05) is 40.1 Å². The number of carbonyl (C=O) groups is 1. The molecular weight excluding hydrogens is 342 g/mol. The first-order chi connectivity index (χ1) is 13.0. The van der Waals surface area contributed by atoms with Crippen LogP contribution in [0.25, 0.3) is 0 Å². The number of hydrogen-bond acceptors (Lipinski definition) is 5. The Kier molecular flexibility index (Phi) is 11.5. The Hall–Kier alpha value is -1.20. The molecule has 5 nitrogen and oxygen atoms in total. The quantitative estimate of drug-likeness (QED) is 0.346. The zero-order chi connectivity index (χ0) is 20.1. The van der Waals surface area contributed by atoms with Gasteiger partial charge in [-0.15, -0.1) is 0 Å². The summed E-state index contributed by atoms with van der Waals surface area (Å²) in [5.74, 6) is -0.315. The molecule has 5 heteroatoms. The Morgan fingerprint density at radius 2 is 1.96 bits per heavy atom. The monoisotopic (exact) mass is 381 g/mol. The van der Waals surface area contributed by atoms with E-state index in [9.17, 15) is 4.79 Å². The maximum atomic E-state index is 12.9. The van der Waals surface area contributed by atoms with Gasteiger partial charge in [0.05, 0.1) is 12.5 Å². The van der Waals surface area contributed by atoms with Gasteiger partial charge in [0.1, 0.15) is 0 Å². The van der Waals surface area contributed by atoms with E-state index in [1.807, 2.05) is 6.92 Å². The van der Waals surface area contributed by atoms with Crippen molar-refractivity contribution in [2.24, 2.45) is 16.3 Å². The van der Waals surface area contributed by atoms with E-state index in [1.54, 1.807) is 7.11 Å². The van der Waals surface area contributed by atoms with Crippen LogP contribution >= 0.6 is 0 Å². The first-order valence-corrected chi connectivity index (χ1v) is 10.4. The highest BCUT2D eigenvalue weighted by Crippen LogP contribution is 2.39. The van der Waals surface area contributed by atoms with Gasteiger partial charge in [-0.2, -0.15) is 0 Å². The zero-order valence-electron chi connectivity index (χ0n) is 18.0. The van der Waals surface area contributed by atoms with Gasteiger partial charge in [0.2, 0.25) is 0 Å². The van der Waals surface area contributed by atoms with Crippen LogP contribution in [0.1, 0.15) is 66.2 Å². The minimum atomic E-state index is -0.209. The minimum Gasteiger partial charge on any atom is -0.465 e. The van der Waals surface area contributed by atoms with Crippen molar-refractivity contribution in [3.63, 3.8) is 0 Å². The average molecular weight is 382 g/mol. The molecule has 0 heterocycles. The van der Waals surface area contributed by atoms with Crippen molar-refractivity contribution in [1.29, 1.82) is 0 Å². The maximum absolute atomic E-state index is 12.9. The lowest BCUT2D eigenvalue weighted by Crippen LogP contribution is -2.35. The molecule has 0 N–H and O–H groups in total. The van der Waals surface area contributed by atoms with Gasteiger partial charge >= 0.3 is 5.97 Å². The third-order valence-corrected chi connectivity index (χ3v) is 5.25. The van der Waals surface area contributed by atoms with Crippen LogP contribution in [0.4, 0.5) is 0 Å². The molecule has 0 aromatic heterocycles. The fourth-order valence-electron chi connectivity index (χ4n) is 3.35. The van der Waals surface area contributed by atoms with Crippen molar-refractivity contribution in [2.45, 2.75) is 66.2 Å². The molecule has 0 saturated heterocycles. The summed E-state index contributed by atoms with van der Waals surface area (Å²) in [5, 5.41) is 0. The maximum Gasteiger partial charge on any atom is 0.313 e. The molecule has 0 bridgehead atoms. The summed E-state index contributed by atoms with van der Waals surface area (Å²) in [6.07, 6.45) is 7.71. The van der Waals surface area contributed by atoms with E-state index in [0.717, 1.165) is 57.4 Å². The van der Waals surface area contributed by atoms with Crippen LogP contribution in [0.5, 0.6) is 0 Å². The largest absolute Gasteiger partial charge is 0.465 e. The number of methoxy groups -OCH3 is 1. The second-order valence-electron chi connectivity index (χ2n) is 7.79. The smallest absolute Gasteiger partial charge is 0.313 e. The molecule has 0 saturated carbocycles. The Balaban J connectivity index is 2.83. The van der Waals surface area contributed by atoms with E-state index in [-0.39, 0.29) is 17.3 Å². The lowest BCUT2D eigenvalue weighted by Gasteiger charge is -2.35. The SMILES string of the molecule is CCOCCCOC(=O)C(C1=CC(=NCCCOC)CCC1)C(C)(C)CC. The highest BCUT2D eigenvalue weighted by atomic mass is 16.5. The molecule has 0 aromatic rings. The molecule has 0 aromatic carbocycles. The van der Waals surface area contributed by atoms with Gasteiger partial charge in [0.25, 0.3) is 0 Å². The van der Waals surface area contributed by atoms with Gasteiger partial charge in [-0.3, -0.25) is 9.79 Å². The number of allylic oxidation sites excluding steroid dienone is 1. The molecule has 1 aliphatic rings. The van der Waals surface area contributed by atoms with Gasteiger partial charge < -0.3 is 14.2 Å². The molecule has 1 rings (SSSR count). The number of rotatable bonds is 13. The first-order valence-electron chi connectivity index (χ1n) is 10.4. The molecule has 1 aliphatic carbocycles. The van der Waals surface area contributed by atoms with Crippen molar-refractivity contribution >= 4 is 11.7 Å². The molecular formula is C22H39NO4. The Bertz CT molecular complexity index is 497. The molecule has 1 atom stereocenters. The van der Waals surface area contributed by atoms with E-state index in [1.165, 1.54) is 5.57 Å². The first kappa shape index (κ1) is 23.8. The standard InChI is InChI=1S/C22H39NO4/c1-6-22(3,4)20(21(24)27-16-10-15-26-7-2)18-11-8-12-19(17-18)23-13-9-14-25-5/h17,20H,6-16H2,1-5H3. The molecule has 0 spiro atoms. The number of nitrogens with zero attached hydrogens (tertiary/aromatic N) is 1. The van der Waals surface area contributed by atoms with Gasteiger partial charge in [-0.25, -0.2) is 0 Å². The van der Waals surface area contributed by atoms with E-state index < -0.39 is 0 Å². The Morgan fingerprint density at radius 3 is 2.63 bits per heavy atom. The normalized spacial score (nSPS) is 17.7. The third-order valence-electron chi connectivity index (χ3n) is 5.25. The van der Waals surface area contributed by atoms with Gasteiger partial charge in [0.15, 0.2) is 0 Å². The van der Waals surface area contributed by atoms with E-state index in [0.29, 0.717) is 19.8 Å². The lowest BCUT2D eigenvalue weighted by molar-refractivity contribution is -0.151. The van der Waals surface area contributed by atoms with Crippen LogP contribution in [-0.2, 0) is 19.0 Å². The predicted molar refractivity (Wildman–Crippen MR) is 110 cm³/mol. The lowest BCUT2D eigenvalue weighted by atomic mass is 9.70. The average Bonchev–Trinajstić information content (AvgIpc) is 2.65. The highest BCUT2D eigenvalue weighted by Gasteiger charge is 2.38. The summed E-state index contributed by atoms with van der Waals surface area (Å²) in [6.45, 7) is 11.7. The second-order valence-corrected chi connectivity index (χ2v) is 7.79. The number of hydrogen-bond donors (Lipinski definition) is 0. The van der Waals surface area contributed by atoms with E-state index >= 15 is 0 Å². The third kappa shape index (κ3) is 8.56. The van der Waals surface area contributed by atoms with Gasteiger partial charge in [-0.1, -0.05) is 26.3 Å². The Morgan fingerprint density at radius 1 is 1.19 bits per heavy atom. The summed E-state index contributed by atoms with van der Waals surface area (Å²) in [5.41, 5.74) is 2.14. The van der Waals surface area contributed by atoms with Crippen LogP contribution < -0.4 is 0 Å². The summed E-state index contributed by atoms with van der Waals surface area (Å²) in [6, 6.07) is 0. The molecule has 0 fully saturated rings. The molecule has 27 heavy (non-hydrogen) atoms. The van der Waals surface area contributed by atoms with E-state index in [2.05, 4.69) is 26.8 Å². The molecule has 0 radical (unpaired) electrons. The van der Waals surface area contributed by atoms with Crippen LogP contribution in [0.15, 0.2) is 16.6 Å². The minimum absolute atomic E-state index is 0.106. The fraction of sp³-hybridized carbons (Fsp3) is 0.818. The summed E-state index contributed by atoms with van der Waals surface area (Å²) >= 11 is 0. The van der Waals surface area contributed by atoms with Crippen LogP contribution in [0.2, 0.25) is 0 Å². The van der Waals surface area contributed by atoms with Crippen LogP contribution in [0.3, 0.4) is 0 Å². The van der Waals surface area contributed by atoms with Crippen molar-refractivity contribution in [3.05, 3.63) is 11.6 Å². The van der Waals surface area contributed by atoms with Crippen LogP contribution in [0, 0.1) is 11.3 Å². The van der Waals surface area contributed by atoms with Gasteiger partial charge in [-0.05, 0) is 50.5 Å². The predicted octanol–water partition coefficient (Wildman–Crippen LogP) is 4.60. The number of esters is 1. The van der Waals surface area contributed by atoms with E-state index in [4.69, 9.17) is 19.2 Å². The highest BCUT2D eigenvalue weighted by molar-refractivity contribution is 5.97. The summed E-state index contributed by atoms with van der Waals surface area (Å²) in [4.78, 5) is 17.6. The van der Waals surface area contributed by atoms with Crippen molar-refractivity contribution < 1.29 is 19.0 Å². The summed E-state index contributed by atoms with van der Waals surface area (Å²) < 4.78 is 16.0. The number of aliphatic imine (C=N–C) groups is 1. The van der Waals surface area contributed by atoms with Crippen molar-refractivity contribution in [3.8, 4) is 0 Å². The number of carbonyl (C=O) groups excluding carboxylic acids is 1. The number of ether oxygens (including phenoxy) is 3. The molecule has 0 aliphatic heterocycles. The van der Waals surface area contributed by atoms with Gasteiger partial charge in [0, 0.05) is 45.6 Å². The Labute approximate surface area is 165 Å². The second kappa shape index (κ2) is 13.1. The van der Waals surface area contributed by atoms with Crippen molar-refractivity contribution in [1.82, 2.24) is 0 Å². The molecule has 156 valence electrons. The molecule has 0 amide bonds. The van der Waals surface area contributed by atoms with Crippen LogP contribution in [-0.4, -0.2) is 51.8 Å². The zero-order valence-corrected chi connectivity index (χ0v) is 18.0. The molecule has 1 unspecified atom stereocenters.